The van der Waals surface area contributed by atoms with Gasteiger partial charge in [0.15, 0.2) is 0 Å². The van der Waals surface area contributed by atoms with Crippen molar-refractivity contribution in [3.8, 4) is 5.75 Å². The smallest absolute Gasteiger partial charge is 0.406 e. The van der Waals surface area contributed by atoms with Crippen molar-refractivity contribution in [2.24, 2.45) is 5.73 Å². The Morgan fingerprint density at radius 3 is 2.30 bits per heavy atom. The molecule has 1 aliphatic carbocycles. The lowest BCUT2D eigenvalue weighted by atomic mass is 10.2. The fraction of sp³-hybridized carbons (Fsp3) is 0.417. The first-order valence-corrected chi connectivity index (χ1v) is 5.70. The highest BCUT2D eigenvalue weighted by Crippen LogP contribution is 2.32. The zero-order valence-electron chi connectivity index (χ0n) is 10.4. The van der Waals surface area contributed by atoms with E-state index in [1.807, 2.05) is 0 Å². The molecule has 8 heteroatoms. The van der Waals surface area contributed by atoms with Crippen LogP contribution in [0.25, 0.3) is 0 Å². The van der Waals surface area contributed by atoms with Crippen molar-refractivity contribution in [1.29, 1.82) is 0 Å². The van der Waals surface area contributed by atoms with Crippen LogP contribution in [0.5, 0.6) is 5.75 Å². The number of alkyl halides is 3. The summed E-state index contributed by atoms with van der Waals surface area (Å²) in [7, 11) is 0. The Morgan fingerprint density at radius 2 is 1.85 bits per heavy atom. The fourth-order valence-corrected chi connectivity index (χ4v) is 1.53. The molecule has 1 aromatic carbocycles. The molecule has 1 saturated carbocycles. The molecule has 0 radical (unpaired) electrons. The number of nitrogens with one attached hydrogen (secondary N) is 1. The van der Waals surface area contributed by atoms with Gasteiger partial charge in [-0.25, -0.2) is 0 Å². The van der Waals surface area contributed by atoms with Crippen molar-refractivity contribution in [3.63, 3.8) is 0 Å². The van der Waals surface area contributed by atoms with E-state index < -0.39 is 11.9 Å². The lowest BCUT2D eigenvalue weighted by Gasteiger charge is -2.11. The first-order chi connectivity index (χ1) is 8.78. The number of amides is 1. The second-order valence-corrected chi connectivity index (χ2v) is 4.53. The number of benzene rings is 1. The Balaban J connectivity index is 0.00000200. The average molecular weight is 311 g/mol. The number of rotatable bonds is 4. The van der Waals surface area contributed by atoms with E-state index in [2.05, 4.69) is 10.1 Å². The zero-order valence-corrected chi connectivity index (χ0v) is 11.2. The van der Waals surface area contributed by atoms with Gasteiger partial charge in [-0.15, -0.1) is 25.6 Å². The van der Waals surface area contributed by atoms with Gasteiger partial charge in [-0.1, -0.05) is 12.1 Å². The normalized spacial score (nSPS) is 16.0. The summed E-state index contributed by atoms with van der Waals surface area (Å²) in [6.45, 7) is 0.226. The van der Waals surface area contributed by atoms with E-state index in [-0.39, 0.29) is 30.6 Å². The van der Waals surface area contributed by atoms with Crippen LogP contribution in [-0.4, -0.2) is 17.8 Å². The molecule has 2 rings (SSSR count). The molecule has 0 bridgehead atoms. The zero-order chi connectivity index (χ0) is 14.1. The standard InChI is InChI=1S/C12H13F3N2O2.ClH/c13-12(14,15)19-9-3-1-8(2-4-9)7-17-10(18)11(16)5-6-11;/h1-4H,5-7,16H2,(H,17,18);1H. The molecule has 1 aliphatic rings. The Kier molecular flexibility index (Phi) is 4.88. The molecule has 1 fully saturated rings. The van der Waals surface area contributed by atoms with Crippen molar-refractivity contribution in [2.75, 3.05) is 0 Å². The maximum Gasteiger partial charge on any atom is 0.573 e. The van der Waals surface area contributed by atoms with Crippen molar-refractivity contribution >= 4 is 18.3 Å². The molecule has 1 aromatic rings. The van der Waals surface area contributed by atoms with Gasteiger partial charge < -0.3 is 15.8 Å². The van der Waals surface area contributed by atoms with Gasteiger partial charge in [0.2, 0.25) is 5.91 Å². The maximum absolute atomic E-state index is 11.9. The maximum atomic E-state index is 11.9. The minimum absolute atomic E-state index is 0. The van der Waals surface area contributed by atoms with Crippen LogP contribution in [0.15, 0.2) is 24.3 Å². The van der Waals surface area contributed by atoms with Crippen LogP contribution in [0.4, 0.5) is 13.2 Å². The van der Waals surface area contributed by atoms with Crippen LogP contribution in [0.3, 0.4) is 0 Å². The first-order valence-electron chi connectivity index (χ1n) is 5.70. The number of nitrogens with two attached hydrogens (primary N) is 1. The Labute approximate surface area is 119 Å². The lowest BCUT2D eigenvalue weighted by molar-refractivity contribution is -0.274. The van der Waals surface area contributed by atoms with E-state index >= 15 is 0 Å². The summed E-state index contributed by atoms with van der Waals surface area (Å²) < 4.78 is 39.6. The van der Waals surface area contributed by atoms with Crippen LogP contribution < -0.4 is 15.8 Å². The predicted octanol–water partition coefficient (Wildman–Crippen LogP) is 2.11. The fourth-order valence-electron chi connectivity index (χ4n) is 1.53. The summed E-state index contributed by atoms with van der Waals surface area (Å²) in [6.07, 6.45) is -3.37. The van der Waals surface area contributed by atoms with Crippen molar-refractivity contribution in [1.82, 2.24) is 5.32 Å². The largest absolute Gasteiger partial charge is 0.573 e. The lowest BCUT2D eigenvalue weighted by Crippen LogP contribution is -2.42. The minimum Gasteiger partial charge on any atom is -0.406 e. The summed E-state index contributed by atoms with van der Waals surface area (Å²) >= 11 is 0. The topological polar surface area (TPSA) is 64.4 Å². The molecule has 0 spiro atoms. The van der Waals surface area contributed by atoms with E-state index in [0.29, 0.717) is 18.4 Å². The molecule has 0 unspecified atom stereocenters. The summed E-state index contributed by atoms with van der Waals surface area (Å²) in [5, 5.41) is 2.64. The number of hydrogen-bond donors (Lipinski definition) is 2. The predicted molar refractivity (Wildman–Crippen MR) is 68.4 cm³/mol. The Morgan fingerprint density at radius 1 is 1.30 bits per heavy atom. The van der Waals surface area contributed by atoms with Crippen molar-refractivity contribution < 1.29 is 22.7 Å². The van der Waals surface area contributed by atoms with Gasteiger partial charge >= 0.3 is 6.36 Å². The number of halogens is 4. The van der Waals surface area contributed by atoms with Crippen LogP contribution in [-0.2, 0) is 11.3 Å². The Bertz CT molecular complexity index is 473. The van der Waals surface area contributed by atoms with E-state index in [4.69, 9.17) is 5.73 Å². The van der Waals surface area contributed by atoms with E-state index in [1.165, 1.54) is 24.3 Å². The quantitative estimate of drug-likeness (QED) is 0.895. The highest BCUT2D eigenvalue weighted by atomic mass is 35.5. The van der Waals surface area contributed by atoms with Crippen LogP contribution >= 0.6 is 12.4 Å². The highest BCUT2D eigenvalue weighted by Gasteiger charge is 2.45. The van der Waals surface area contributed by atoms with Crippen LogP contribution in [0, 0.1) is 0 Å². The number of ether oxygens (including phenoxy) is 1. The molecule has 0 aromatic heterocycles. The molecular formula is C12H14ClF3N2O2. The molecule has 1 amide bonds. The summed E-state index contributed by atoms with van der Waals surface area (Å²) in [6, 6.07) is 5.31. The van der Waals surface area contributed by atoms with Gasteiger partial charge in [-0.3, -0.25) is 4.79 Å². The summed E-state index contributed by atoms with van der Waals surface area (Å²) in [5.74, 6) is -0.525. The third-order valence-corrected chi connectivity index (χ3v) is 2.85. The van der Waals surface area contributed by atoms with Crippen LogP contribution in [0.1, 0.15) is 18.4 Å². The Hall–Kier alpha value is -1.47. The van der Waals surface area contributed by atoms with Gasteiger partial charge in [-0.2, -0.15) is 0 Å². The number of hydrogen-bond acceptors (Lipinski definition) is 3. The highest BCUT2D eigenvalue weighted by molar-refractivity contribution is 5.88. The average Bonchev–Trinajstić information content (AvgIpc) is 3.05. The van der Waals surface area contributed by atoms with E-state index in [9.17, 15) is 18.0 Å². The van der Waals surface area contributed by atoms with Crippen molar-refractivity contribution in [2.45, 2.75) is 31.3 Å². The van der Waals surface area contributed by atoms with Gasteiger partial charge in [-0.05, 0) is 30.5 Å². The van der Waals surface area contributed by atoms with E-state index in [0.717, 1.165) is 0 Å². The molecule has 20 heavy (non-hydrogen) atoms. The van der Waals surface area contributed by atoms with E-state index in [1.54, 1.807) is 0 Å². The van der Waals surface area contributed by atoms with Crippen molar-refractivity contribution in [3.05, 3.63) is 29.8 Å². The monoisotopic (exact) mass is 310 g/mol. The molecule has 112 valence electrons. The van der Waals surface area contributed by atoms with Crippen LogP contribution in [0.2, 0.25) is 0 Å². The molecule has 0 saturated heterocycles. The van der Waals surface area contributed by atoms with Gasteiger partial charge in [0.05, 0.1) is 5.54 Å². The first kappa shape index (κ1) is 16.6. The molecule has 0 heterocycles. The molecule has 0 atom stereocenters. The number of carbonyl (C=O) groups excluding carboxylic acids is 1. The second-order valence-electron chi connectivity index (χ2n) is 4.53. The third-order valence-electron chi connectivity index (χ3n) is 2.85. The summed E-state index contributed by atoms with van der Waals surface area (Å²) in [5.41, 5.74) is 5.61. The molecule has 0 aliphatic heterocycles. The molecule has 4 nitrogen and oxygen atoms in total. The van der Waals surface area contributed by atoms with Gasteiger partial charge in [0.25, 0.3) is 0 Å². The van der Waals surface area contributed by atoms with Gasteiger partial charge in [0, 0.05) is 6.54 Å². The van der Waals surface area contributed by atoms with Gasteiger partial charge in [0.1, 0.15) is 5.75 Å². The summed E-state index contributed by atoms with van der Waals surface area (Å²) in [4.78, 5) is 11.5. The molecular weight excluding hydrogens is 297 g/mol. The number of carbonyl (C=O) groups is 1. The molecule has 3 N–H and O–H groups in total. The second kappa shape index (κ2) is 5.88. The minimum atomic E-state index is -4.70. The SMILES string of the molecule is Cl.NC1(C(=O)NCc2ccc(OC(F)(F)F)cc2)CC1. The third kappa shape index (κ3) is 4.57.